The minimum Gasteiger partial charge on any atom is -0.399 e. The van der Waals surface area contributed by atoms with Crippen molar-refractivity contribution in [2.45, 2.75) is 6.92 Å². The Morgan fingerprint density at radius 2 is 2.05 bits per heavy atom. The number of benzene rings is 2. The van der Waals surface area contributed by atoms with E-state index >= 15 is 0 Å². The molecule has 2 rings (SSSR count). The van der Waals surface area contributed by atoms with Gasteiger partial charge >= 0.3 is 0 Å². The van der Waals surface area contributed by atoms with Crippen LogP contribution < -0.4 is 11.1 Å². The molecule has 0 unspecified atom stereocenters. The van der Waals surface area contributed by atoms with E-state index in [2.05, 4.69) is 21.2 Å². The molecule has 0 aromatic heterocycles. The second-order valence-corrected chi connectivity index (χ2v) is 5.19. The fourth-order valence-electron chi connectivity index (χ4n) is 1.69. The maximum atomic E-state index is 12.2. The van der Waals surface area contributed by atoms with Crippen LogP contribution in [-0.2, 0) is 0 Å². The Bertz CT molecular complexity index is 720. The quantitative estimate of drug-likeness (QED) is 0.828. The molecule has 0 spiro atoms. The van der Waals surface area contributed by atoms with Crippen molar-refractivity contribution in [1.82, 2.24) is 0 Å². The van der Waals surface area contributed by atoms with Crippen LogP contribution in [0.1, 0.15) is 21.5 Å². The van der Waals surface area contributed by atoms with Gasteiger partial charge in [-0.15, -0.1) is 0 Å². The molecule has 0 radical (unpaired) electrons. The van der Waals surface area contributed by atoms with Crippen LogP contribution >= 0.6 is 15.9 Å². The summed E-state index contributed by atoms with van der Waals surface area (Å²) >= 11 is 3.39. The maximum Gasteiger partial charge on any atom is 0.255 e. The highest BCUT2D eigenvalue weighted by Crippen LogP contribution is 2.21. The number of amides is 1. The number of rotatable bonds is 2. The molecule has 4 nitrogen and oxygen atoms in total. The van der Waals surface area contributed by atoms with E-state index in [-0.39, 0.29) is 5.91 Å². The van der Waals surface area contributed by atoms with Gasteiger partial charge in [-0.1, -0.05) is 22.0 Å². The van der Waals surface area contributed by atoms with Gasteiger partial charge in [-0.2, -0.15) is 5.26 Å². The number of hydrogen-bond donors (Lipinski definition) is 2. The predicted octanol–water partition coefficient (Wildman–Crippen LogP) is 3.46. The average Bonchev–Trinajstić information content (AvgIpc) is 2.43. The first-order valence-corrected chi connectivity index (χ1v) is 6.67. The summed E-state index contributed by atoms with van der Waals surface area (Å²) in [5.74, 6) is -0.271. The molecular formula is C15H12BrN3O. The molecule has 20 heavy (non-hydrogen) atoms. The molecule has 1 amide bonds. The maximum absolute atomic E-state index is 12.2. The first-order chi connectivity index (χ1) is 9.51. The van der Waals surface area contributed by atoms with Gasteiger partial charge in [0.1, 0.15) is 6.07 Å². The highest BCUT2D eigenvalue weighted by molar-refractivity contribution is 9.10. The fraction of sp³-hybridized carbons (Fsp3) is 0.0667. The summed E-state index contributed by atoms with van der Waals surface area (Å²) in [4.78, 5) is 12.2. The molecule has 0 atom stereocenters. The highest BCUT2D eigenvalue weighted by atomic mass is 79.9. The SMILES string of the molecule is Cc1ccc(C(=O)Nc2ccc(N)cc2C#N)cc1Br. The van der Waals surface area contributed by atoms with Crippen LogP contribution in [0.4, 0.5) is 11.4 Å². The number of anilines is 2. The van der Waals surface area contributed by atoms with Crippen molar-refractivity contribution in [2.75, 3.05) is 11.1 Å². The van der Waals surface area contributed by atoms with Gasteiger partial charge in [0.15, 0.2) is 0 Å². The Morgan fingerprint density at radius 3 is 2.70 bits per heavy atom. The summed E-state index contributed by atoms with van der Waals surface area (Å²) in [5.41, 5.74) is 8.45. The summed E-state index contributed by atoms with van der Waals surface area (Å²) in [7, 11) is 0. The van der Waals surface area contributed by atoms with Gasteiger partial charge in [0, 0.05) is 15.7 Å². The minimum atomic E-state index is -0.271. The van der Waals surface area contributed by atoms with E-state index in [1.165, 1.54) is 6.07 Å². The van der Waals surface area contributed by atoms with Crippen LogP contribution in [-0.4, -0.2) is 5.91 Å². The van der Waals surface area contributed by atoms with Crippen molar-refractivity contribution < 1.29 is 4.79 Å². The Labute approximate surface area is 125 Å². The van der Waals surface area contributed by atoms with Crippen molar-refractivity contribution in [2.24, 2.45) is 0 Å². The average molecular weight is 330 g/mol. The van der Waals surface area contributed by atoms with Crippen molar-refractivity contribution in [3.8, 4) is 6.07 Å². The molecule has 0 aliphatic heterocycles. The van der Waals surface area contributed by atoms with E-state index in [1.807, 2.05) is 19.1 Å². The lowest BCUT2D eigenvalue weighted by Crippen LogP contribution is -2.13. The Kier molecular flexibility index (Phi) is 4.06. The normalized spacial score (nSPS) is 9.85. The second kappa shape index (κ2) is 5.76. The molecule has 0 saturated heterocycles. The molecule has 0 bridgehead atoms. The fourth-order valence-corrected chi connectivity index (χ4v) is 2.07. The summed E-state index contributed by atoms with van der Waals surface area (Å²) in [5, 5.41) is 11.8. The second-order valence-electron chi connectivity index (χ2n) is 4.33. The summed E-state index contributed by atoms with van der Waals surface area (Å²) < 4.78 is 0.864. The molecule has 0 fully saturated rings. The van der Waals surface area contributed by atoms with Gasteiger partial charge in [0.2, 0.25) is 0 Å². The van der Waals surface area contributed by atoms with Gasteiger partial charge in [-0.3, -0.25) is 4.79 Å². The minimum absolute atomic E-state index is 0.271. The number of carbonyl (C=O) groups is 1. The molecule has 5 heteroatoms. The molecular weight excluding hydrogens is 318 g/mol. The van der Waals surface area contributed by atoms with Crippen molar-refractivity contribution >= 4 is 33.2 Å². The zero-order valence-corrected chi connectivity index (χ0v) is 12.4. The Hall–Kier alpha value is -2.32. The van der Waals surface area contributed by atoms with E-state index in [4.69, 9.17) is 11.0 Å². The number of nitrogens with two attached hydrogens (primary N) is 1. The molecule has 0 saturated carbocycles. The lowest BCUT2D eigenvalue weighted by molar-refractivity contribution is 0.102. The third-order valence-electron chi connectivity index (χ3n) is 2.85. The molecule has 2 aromatic rings. The first kappa shape index (κ1) is 14.1. The van der Waals surface area contributed by atoms with Gasteiger partial charge in [-0.05, 0) is 42.8 Å². The van der Waals surface area contributed by atoms with Gasteiger partial charge in [0.25, 0.3) is 5.91 Å². The van der Waals surface area contributed by atoms with Crippen molar-refractivity contribution in [3.05, 3.63) is 57.6 Å². The zero-order chi connectivity index (χ0) is 14.7. The number of aryl methyl sites for hydroxylation is 1. The van der Waals surface area contributed by atoms with Crippen LogP contribution in [0, 0.1) is 18.3 Å². The third-order valence-corrected chi connectivity index (χ3v) is 3.70. The number of hydrogen-bond acceptors (Lipinski definition) is 3. The summed E-state index contributed by atoms with van der Waals surface area (Å²) in [6, 6.07) is 12.1. The van der Waals surface area contributed by atoms with E-state index < -0.39 is 0 Å². The summed E-state index contributed by atoms with van der Waals surface area (Å²) in [6.45, 7) is 1.94. The molecule has 2 aromatic carbocycles. The first-order valence-electron chi connectivity index (χ1n) is 5.88. The third kappa shape index (κ3) is 2.98. The van der Waals surface area contributed by atoms with Crippen LogP contribution in [0.15, 0.2) is 40.9 Å². The van der Waals surface area contributed by atoms with Gasteiger partial charge < -0.3 is 11.1 Å². The number of nitriles is 1. The molecule has 0 aliphatic rings. The molecule has 100 valence electrons. The van der Waals surface area contributed by atoms with Gasteiger partial charge in [0.05, 0.1) is 11.3 Å². The van der Waals surface area contributed by atoms with E-state index in [0.717, 1.165) is 10.0 Å². The topological polar surface area (TPSA) is 78.9 Å². The summed E-state index contributed by atoms with van der Waals surface area (Å²) in [6.07, 6.45) is 0. The lowest BCUT2D eigenvalue weighted by atomic mass is 10.1. The van der Waals surface area contributed by atoms with Crippen molar-refractivity contribution in [3.63, 3.8) is 0 Å². The lowest BCUT2D eigenvalue weighted by Gasteiger charge is -2.08. The molecule has 0 aliphatic carbocycles. The largest absolute Gasteiger partial charge is 0.399 e. The van der Waals surface area contributed by atoms with E-state index in [1.54, 1.807) is 24.3 Å². The highest BCUT2D eigenvalue weighted by Gasteiger charge is 2.10. The van der Waals surface area contributed by atoms with Crippen LogP contribution in [0.5, 0.6) is 0 Å². The van der Waals surface area contributed by atoms with E-state index in [0.29, 0.717) is 22.5 Å². The van der Waals surface area contributed by atoms with Crippen LogP contribution in [0.3, 0.4) is 0 Å². The molecule has 0 heterocycles. The Morgan fingerprint density at radius 1 is 1.30 bits per heavy atom. The zero-order valence-electron chi connectivity index (χ0n) is 10.8. The monoisotopic (exact) mass is 329 g/mol. The predicted molar refractivity (Wildman–Crippen MR) is 82.4 cm³/mol. The van der Waals surface area contributed by atoms with Gasteiger partial charge in [-0.25, -0.2) is 0 Å². The van der Waals surface area contributed by atoms with Crippen molar-refractivity contribution in [1.29, 1.82) is 5.26 Å². The Balaban J connectivity index is 2.28. The number of nitrogen functional groups attached to an aromatic ring is 1. The smallest absolute Gasteiger partial charge is 0.255 e. The van der Waals surface area contributed by atoms with E-state index in [9.17, 15) is 4.79 Å². The van der Waals surface area contributed by atoms with Crippen LogP contribution in [0.25, 0.3) is 0 Å². The van der Waals surface area contributed by atoms with Crippen LogP contribution in [0.2, 0.25) is 0 Å². The molecule has 3 N–H and O–H groups in total. The number of carbonyl (C=O) groups excluding carboxylic acids is 1. The standard InChI is InChI=1S/C15H12BrN3O/c1-9-2-3-10(7-13(9)16)15(20)19-14-5-4-12(18)6-11(14)8-17/h2-7H,18H2,1H3,(H,19,20). The number of halogens is 1. The number of nitrogens with one attached hydrogen (secondary N) is 1. The number of nitrogens with zero attached hydrogens (tertiary/aromatic N) is 1.